The Balaban J connectivity index is 1.82. The van der Waals surface area contributed by atoms with Crippen LogP contribution < -0.4 is 5.73 Å². The second-order valence-corrected chi connectivity index (χ2v) is 6.64. The van der Waals surface area contributed by atoms with Crippen LogP contribution in [0.15, 0.2) is 23.1 Å². The van der Waals surface area contributed by atoms with Crippen LogP contribution in [0.2, 0.25) is 0 Å². The van der Waals surface area contributed by atoms with E-state index in [9.17, 15) is 9.59 Å². The fourth-order valence-electron chi connectivity index (χ4n) is 2.45. The highest BCUT2D eigenvalue weighted by atomic mass is 32.2. The zero-order valence-corrected chi connectivity index (χ0v) is 13.4. The summed E-state index contributed by atoms with van der Waals surface area (Å²) in [5.74, 6) is 0.276. The van der Waals surface area contributed by atoms with Crippen LogP contribution in [0.5, 0.6) is 0 Å². The van der Waals surface area contributed by atoms with Crippen molar-refractivity contribution < 1.29 is 9.59 Å². The second kappa shape index (κ2) is 6.98. The highest BCUT2D eigenvalue weighted by Gasteiger charge is 2.25. The van der Waals surface area contributed by atoms with E-state index >= 15 is 0 Å². The summed E-state index contributed by atoms with van der Waals surface area (Å²) < 4.78 is 0. The first-order valence-electron chi connectivity index (χ1n) is 7.24. The van der Waals surface area contributed by atoms with Gasteiger partial charge in [-0.15, -0.1) is 11.8 Å². The summed E-state index contributed by atoms with van der Waals surface area (Å²) in [6.07, 6.45) is 1.38. The Hall–Kier alpha value is -1.49. The van der Waals surface area contributed by atoms with Crippen LogP contribution in [-0.2, 0) is 9.59 Å². The van der Waals surface area contributed by atoms with Gasteiger partial charge in [-0.2, -0.15) is 0 Å². The van der Waals surface area contributed by atoms with Crippen molar-refractivity contribution in [3.63, 3.8) is 0 Å². The van der Waals surface area contributed by atoms with Gasteiger partial charge in [-0.3, -0.25) is 9.59 Å². The number of thioether (sulfide) groups is 1. The monoisotopic (exact) mass is 306 g/mol. The average molecular weight is 306 g/mol. The van der Waals surface area contributed by atoms with Gasteiger partial charge in [0.2, 0.25) is 11.8 Å². The number of aryl methyl sites for hydroxylation is 2. The molecule has 1 saturated heterocycles. The molecule has 2 rings (SSSR count). The molecule has 0 spiro atoms. The number of hydrogen-bond acceptors (Lipinski definition) is 3. The van der Waals surface area contributed by atoms with Crippen molar-refractivity contribution in [1.82, 2.24) is 4.90 Å². The summed E-state index contributed by atoms with van der Waals surface area (Å²) in [5.41, 5.74) is 7.81. The highest BCUT2D eigenvalue weighted by molar-refractivity contribution is 8.00. The predicted octanol–water partition coefficient (Wildman–Crippen LogP) is 2.12. The van der Waals surface area contributed by atoms with Gasteiger partial charge in [0.15, 0.2) is 0 Å². The largest absolute Gasteiger partial charge is 0.369 e. The van der Waals surface area contributed by atoms with Crippen molar-refractivity contribution in [2.75, 3.05) is 18.8 Å². The fraction of sp³-hybridized carbons (Fsp3) is 0.500. The van der Waals surface area contributed by atoms with E-state index in [1.165, 1.54) is 11.1 Å². The molecule has 0 bridgehead atoms. The Morgan fingerprint density at radius 1 is 1.24 bits per heavy atom. The molecule has 0 unspecified atom stereocenters. The van der Waals surface area contributed by atoms with E-state index in [0.717, 1.165) is 4.90 Å². The number of nitrogens with two attached hydrogens (primary N) is 1. The van der Waals surface area contributed by atoms with Crippen LogP contribution in [0.3, 0.4) is 0 Å². The summed E-state index contributed by atoms with van der Waals surface area (Å²) in [6.45, 7) is 5.44. The van der Waals surface area contributed by atoms with E-state index in [-0.39, 0.29) is 17.7 Å². The standard InChI is InChI=1S/C16H22N2O2S/c1-11-3-4-14(9-12(11)2)21-10-15(19)18-7-5-13(6-8-18)16(17)20/h3-4,9,13H,5-8,10H2,1-2H3,(H2,17,20). The molecule has 2 amide bonds. The molecule has 1 aliphatic heterocycles. The summed E-state index contributed by atoms with van der Waals surface area (Å²) >= 11 is 1.57. The maximum Gasteiger partial charge on any atom is 0.232 e. The lowest BCUT2D eigenvalue weighted by Gasteiger charge is -2.30. The van der Waals surface area contributed by atoms with Gasteiger partial charge in [0.1, 0.15) is 0 Å². The third-order valence-corrected chi connectivity index (χ3v) is 5.07. The minimum atomic E-state index is -0.244. The lowest BCUT2D eigenvalue weighted by atomic mass is 9.96. The van der Waals surface area contributed by atoms with Gasteiger partial charge in [0.05, 0.1) is 5.75 Å². The molecule has 0 radical (unpaired) electrons. The van der Waals surface area contributed by atoms with Crippen LogP contribution in [0.25, 0.3) is 0 Å². The second-order valence-electron chi connectivity index (χ2n) is 5.59. The normalized spacial score (nSPS) is 16.0. The molecule has 0 aliphatic carbocycles. The van der Waals surface area contributed by atoms with Gasteiger partial charge in [-0.25, -0.2) is 0 Å². The first-order valence-corrected chi connectivity index (χ1v) is 8.23. The van der Waals surface area contributed by atoms with Crippen LogP contribution in [0, 0.1) is 19.8 Å². The molecule has 1 aliphatic rings. The van der Waals surface area contributed by atoms with Gasteiger partial charge in [-0.1, -0.05) is 6.07 Å². The number of hydrogen-bond donors (Lipinski definition) is 1. The molecule has 5 heteroatoms. The molecule has 2 N–H and O–H groups in total. The van der Waals surface area contributed by atoms with Crippen molar-refractivity contribution >= 4 is 23.6 Å². The number of piperidine rings is 1. The Kier molecular flexibility index (Phi) is 5.28. The van der Waals surface area contributed by atoms with E-state index in [1.807, 2.05) is 4.90 Å². The number of amides is 2. The SMILES string of the molecule is Cc1ccc(SCC(=O)N2CCC(C(N)=O)CC2)cc1C. The van der Waals surface area contributed by atoms with E-state index in [2.05, 4.69) is 32.0 Å². The Bertz CT molecular complexity index is 537. The third-order valence-electron chi connectivity index (χ3n) is 4.09. The van der Waals surface area contributed by atoms with Crippen molar-refractivity contribution in [2.24, 2.45) is 11.7 Å². The number of benzene rings is 1. The van der Waals surface area contributed by atoms with E-state index in [4.69, 9.17) is 5.73 Å². The molecule has 21 heavy (non-hydrogen) atoms. The quantitative estimate of drug-likeness (QED) is 0.867. The summed E-state index contributed by atoms with van der Waals surface area (Å²) in [7, 11) is 0. The smallest absolute Gasteiger partial charge is 0.232 e. The predicted molar refractivity (Wildman–Crippen MR) is 85.1 cm³/mol. The molecule has 0 atom stereocenters. The molecule has 1 heterocycles. The lowest BCUT2D eigenvalue weighted by molar-refractivity contribution is -0.132. The molecule has 1 aromatic carbocycles. The number of nitrogens with zero attached hydrogens (tertiary/aromatic N) is 1. The molecule has 1 aromatic rings. The molecular weight excluding hydrogens is 284 g/mol. The first-order chi connectivity index (χ1) is 9.97. The fourth-order valence-corrected chi connectivity index (χ4v) is 3.35. The number of primary amides is 1. The molecule has 114 valence electrons. The highest BCUT2D eigenvalue weighted by Crippen LogP contribution is 2.23. The Morgan fingerprint density at radius 3 is 2.48 bits per heavy atom. The molecular formula is C16H22N2O2S. The van der Waals surface area contributed by atoms with Gasteiger partial charge in [0.25, 0.3) is 0 Å². The molecule has 1 fully saturated rings. The van der Waals surface area contributed by atoms with Gasteiger partial charge < -0.3 is 10.6 Å². The number of carbonyl (C=O) groups excluding carboxylic acids is 2. The number of carbonyl (C=O) groups is 2. The lowest BCUT2D eigenvalue weighted by Crippen LogP contribution is -2.42. The van der Waals surface area contributed by atoms with Gasteiger partial charge in [-0.05, 0) is 49.9 Å². The zero-order chi connectivity index (χ0) is 15.4. The van der Waals surface area contributed by atoms with Gasteiger partial charge >= 0.3 is 0 Å². The zero-order valence-electron chi connectivity index (χ0n) is 12.6. The van der Waals surface area contributed by atoms with Crippen molar-refractivity contribution in [3.05, 3.63) is 29.3 Å². The summed E-state index contributed by atoms with van der Waals surface area (Å²) in [5, 5.41) is 0. The molecule has 4 nitrogen and oxygen atoms in total. The Labute approximate surface area is 130 Å². The number of likely N-dealkylation sites (tertiary alicyclic amines) is 1. The minimum absolute atomic E-state index is 0.0681. The molecule has 0 saturated carbocycles. The molecule has 0 aromatic heterocycles. The van der Waals surface area contributed by atoms with Crippen molar-refractivity contribution in [3.8, 4) is 0 Å². The van der Waals surface area contributed by atoms with E-state index < -0.39 is 0 Å². The van der Waals surface area contributed by atoms with Gasteiger partial charge in [0, 0.05) is 23.9 Å². The topological polar surface area (TPSA) is 63.4 Å². The minimum Gasteiger partial charge on any atom is -0.369 e. The van der Waals surface area contributed by atoms with Crippen molar-refractivity contribution in [2.45, 2.75) is 31.6 Å². The summed E-state index contributed by atoms with van der Waals surface area (Å²) in [4.78, 5) is 26.3. The maximum absolute atomic E-state index is 12.2. The van der Waals surface area contributed by atoms with E-state index in [0.29, 0.717) is 31.7 Å². The average Bonchev–Trinajstić information content (AvgIpc) is 2.48. The first kappa shape index (κ1) is 15.9. The van der Waals surface area contributed by atoms with Crippen LogP contribution >= 0.6 is 11.8 Å². The van der Waals surface area contributed by atoms with Crippen LogP contribution in [0.4, 0.5) is 0 Å². The summed E-state index contributed by atoms with van der Waals surface area (Å²) in [6, 6.07) is 6.26. The van der Waals surface area contributed by atoms with Crippen molar-refractivity contribution in [1.29, 1.82) is 0 Å². The number of rotatable bonds is 4. The Morgan fingerprint density at radius 2 is 1.90 bits per heavy atom. The maximum atomic E-state index is 12.2. The van der Waals surface area contributed by atoms with Crippen LogP contribution in [0.1, 0.15) is 24.0 Å². The van der Waals surface area contributed by atoms with Crippen LogP contribution in [-0.4, -0.2) is 35.6 Å². The van der Waals surface area contributed by atoms with E-state index in [1.54, 1.807) is 11.8 Å². The third kappa shape index (κ3) is 4.24.